The van der Waals surface area contributed by atoms with E-state index in [1.807, 2.05) is 6.92 Å². The van der Waals surface area contributed by atoms with Crippen LogP contribution in [0, 0.1) is 6.92 Å². The largest absolute Gasteiger partial charge is 0.349 e. The average Bonchev–Trinajstić information content (AvgIpc) is 3.37. The molecule has 0 heterocycles. The maximum atomic E-state index is 12.9. The van der Waals surface area contributed by atoms with Gasteiger partial charge in [-0.05, 0) is 80.4 Å². The zero-order chi connectivity index (χ0) is 25.0. The minimum atomic E-state index is -3.71. The van der Waals surface area contributed by atoms with Gasteiger partial charge in [0.25, 0.3) is 21.8 Å². The minimum absolute atomic E-state index is 0.102. The second-order valence-corrected chi connectivity index (χ2v) is 10.8. The van der Waals surface area contributed by atoms with Crippen LogP contribution in [-0.2, 0) is 10.0 Å². The average molecular weight is 492 g/mol. The minimum Gasteiger partial charge on any atom is -0.349 e. The Morgan fingerprint density at radius 3 is 1.94 bits per heavy atom. The molecule has 0 atom stereocenters. The first kappa shape index (κ1) is 24.5. The number of carbonyl (C=O) groups is 2. The molecule has 3 aromatic rings. The molecule has 8 heteroatoms. The standard InChI is InChI=1S/C27H29N3O4S/c1-19-7-17-25(18-8-19)35(33,34)30(2)24-15-11-21(12-16-24)27(32)29-23-13-9-20(10-14-23)26(31)28-22-5-3-4-6-22/h7-18,22H,3-6H2,1-2H3,(H,28,31)(H,29,32). The summed E-state index contributed by atoms with van der Waals surface area (Å²) >= 11 is 0. The molecule has 0 aliphatic heterocycles. The van der Waals surface area contributed by atoms with Gasteiger partial charge < -0.3 is 10.6 Å². The quantitative estimate of drug-likeness (QED) is 0.499. The van der Waals surface area contributed by atoms with E-state index in [1.54, 1.807) is 72.8 Å². The van der Waals surface area contributed by atoms with E-state index < -0.39 is 10.0 Å². The first-order valence-corrected chi connectivity index (χ1v) is 13.1. The molecule has 1 saturated carbocycles. The van der Waals surface area contributed by atoms with Crippen molar-refractivity contribution in [1.82, 2.24) is 5.32 Å². The van der Waals surface area contributed by atoms with Crippen LogP contribution in [0.25, 0.3) is 0 Å². The van der Waals surface area contributed by atoms with Crippen LogP contribution in [0.2, 0.25) is 0 Å². The van der Waals surface area contributed by atoms with Gasteiger partial charge in [0.2, 0.25) is 0 Å². The van der Waals surface area contributed by atoms with Gasteiger partial charge in [-0.1, -0.05) is 30.5 Å². The highest BCUT2D eigenvalue weighted by Gasteiger charge is 2.21. The molecule has 4 rings (SSSR count). The Kier molecular flexibility index (Phi) is 7.21. The molecule has 0 saturated heterocycles. The van der Waals surface area contributed by atoms with Crippen molar-refractivity contribution in [2.45, 2.75) is 43.5 Å². The Hall–Kier alpha value is -3.65. The van der Waals surface area contributed by atoms with Crippen LogP contribution >= 0.6 is 0 Å². The van der Waals surface area contributed by atoms with Crippen LogP contribution in [0.1, 0.15) is 52.0 Å². The second kappa shape index (κ2) is 10.3. The normalized spacial score (nSPS) is 13.9. The number of aryl methyl sites for hydroxylation is 1. The summed E-state index contributed by atoms with van der Waals surface area (Å²) in [6.45, 7) is 1.90. The summed E-state index contributed by atoms with van der Waals surface area (Å²) in [7, 11) is -2.23. The summed E-state index contributed by atoms with van der Waals surface area (Å²) in [5.74, 6) is -0.432. The fraction of sp³-hybridized carbons (Fsp3) is 0.259. The Morgan fingerprint density at radius 1 is 0.800 bits per heavy atom. The van der Waals surface area contributed by atoms with Gasteiger partial charge in [0, 0.05) is 29.9 Å². The van der Waals surface area contributed by atoms with Gasteiger partial charge in [-0.3, -0.25) is 13.9 Å². The van der Waals surface area contributed by atoms with Gasteiger partial charge in [-0.15, -0.1) is 0 Å². The number of nitrogens with one attached hydrogen (secondary N) is 2. The van der Waals surface area contributed by atoms with Gasteiger partial charge >= 0.3 is 0 Å². The lowest BCUT2D eigenvalue weighted by molar-refractivity contribution is 0.0937. The Balaban J connectivity index is 1.38. The summed E-state index contributed by atoms with van der Waals surface area (Å²) in [5.41, 5.74) is 2.93. The van der Waals surface area contributed by atoms with Crippen LogP contribution in [0.5, 0.6) is 0 Å². The lowest BCUT2D eigenvalue weighted by Crippen LogP contribution is -2.32. The van der Waals surface area contributed by atoms with E-state index in [1.165, 1.54) is 11.4 Å². The molecule has 1 aliphatic rings. The Labute approximate surface area is 206 Å². The first-order chi connectivity index (χ1) is 16.7. The fourth-order valence-corrected chi connectivity index (χ4v) is 5.27. The van der Waals surface area contributed by atoms with Crippen molar-refractivity contribution in [2.75, 3.05) is 16.7 Å². The molecule has 1 aliphatic carbocycles. The van der Waals surface area contributed by atoms with Crippen molar-refractivity contribution in [3.63, 3.8) is 0 Å². The summed E-state index contributed by atoms with van der Waals surface area (Å²) in [4.78, 5) is 25.2. The number of carbonyl (C=O) groups excluding carboxylic acids is 2. The molecule has 7 nitrogen and oxygen atoms in total. The van der Waals surface area contributed by atoms with Crippen LogP contribution < -0.4 is 14.9 Å². The number of benzene rings is 3. The van der Waals surface area contributed by atoms with Crippen molar-refractivity contribution in [2.24, 2.45) is 0 Å². The van der Waals surface area contributed by atoms with E-state index in [2.05, 4.69) is 10.6 Å². The second-order valence-electron chi connectivity index (χ2n) is 8.82. The molecule has 3 aromatic carbocycles. The molecule has 2 amide bonds. The van der Waals surface area contributed by atoms with E-state index >= 15 is 0 Å². The molecule has 1 fully saturated rings. The SMILES string of the molecule is Cc1ccc(S(=O)(=O)N(C)c2ccc(C(=O)Nc3ccc(C(=O)NC4CCCC4)cc3)cc2)cc1. The van der Waals surface area contributed by atoms with E-state index in [0.717, 1.165) is 31.2 Å². The highest BCUT2D eigenvalue weighted by Crippen LogP contribution is 2.23. The summed E-state index contributed by atoms with van der Waals surface area (Å²) in [6, 6.07) is 20.0. The summed E-state index contributed by atoms with van der Waals surface area (Å²) in [6.07, 6.45) is 4.34. The molecule has 182 valence electrons. The monoisotopic (exact) mass is 491 g/mol. The highest BCUT2D eigenvalue weighted by molar-refractivity contribution is 7.92. The Morgan fingerprint density at radius 2 is 1.34 bits per heavy atom. The van der Waals surface area contributed by atoms with Crippen LogP contribution in [-0.4, -0.2) is 33.3 Å². The molecule has 0 aromatic heterocycles. The number of hydrogen-bond acceptors (Lipinski definition) is 4. The summed E-state index contributed by atoms with van der Waals surface area (Å²) < 4.78 is 27.0. The highest BCUT2D eigenvalue weighted by atomic mass is 32.2. The number of hydrogen-bond donors (Lipinski definition) is 2. The van der Waals surface area contributed by atoms with E-state index in [4.69, 9.17) is 0 Å². The first-order valence-electron chi connectivity index (χ1n) is 11.6. The maximum Gasteiger partial charge on any atom is 0.264 e. The van der Waals surface area contributed by atoms with E-state index in [9.17, 15) is 18.0 Å². The van der Waals surface area contributed by atoms with Crippen molar-refractivity contribution in [3.05, 3.63) is 89.5 Å². The number of rotatable bonds is 7. The topological polar surface area (TPSA) is 95.6 Å². The smallest absolute Gasteiger partial charge is 0.264 e. The van der Waals surface area contributed by atoms with Crippen molar-refractivity contribution in [1.29, 1.82) is 0 Å². The molecule has 2 N–H and O–H groups in total. The zero-order valence-corrected chi connectivity index (χ0v) is 20.6. The number of nitrogens with zero attached hydrogens (tertiary/aromatic N) is 1. The zero-order valence-electron chi connectivity index (χ0n) is 19.8. The van der Waals surface area contributed by atoms with E-state index in [-0.39, 0.29) is 22.8 Å². The predicted molar refractivity (Wildman–Crippen MR) is 137 cm³/mol. The number of anilines is 2. The molecule has 0 spiro atoms. The molecular formula is C27H29N3O4S. The fourth-order valence-electron chi connectivity index (χ4n) is 4.08. The molecule has 0 unspecified atom stereocenters. The van der Waals surface area contributed by atoms with Crippen molar-refractivity contribution in [3.8, 4) is 0 Å². The lowest BCUT2D eigenvalue weighted by Gasteiger charge is -2.20. The molecule has 0 radical (unpaired) electrons. The molecule has 0 bridgehead atoms. The summed E-state index contributed by atoms with van der Waals surface area (Å²) in [5, 5.41) is 5.85. The van der Waals surface area contributed by atoms with Gasteiger partial charge in [0.15, 0.2) is 0 Å². The Bertz CT molecular complexity index is 1300. The van der Waals surface area contributed by atoms with Gasteiger partial charge in [0.05, 0.1) is 10.6 Å². The maximum absolute atomic E-state index is 12.9. The van der Waals surface area contributed by atoms with Gasteiger partial charge in [0.1, 0.15) is 0 Å². The van der Waals surface area contributed by atoms with Gasteiger partial charge in [-0.2, -0.15) is 0 Å². The van der Waals surface area contributed by atoms with Crippen molar-refractivity contribution >= 4 is 33.2 Å². The number of sulfonamides is 1. The van der Waals surface area contributed by atoms with E-state index in [0.29, 0.717) is 22.5 Å². The predicted octanol–water partition coefficient (Wildman–Crippen LogP) is 4.74. The number of amides is 2. The van der Waals surface area contributed by atoms with Crippen molar-refractivity contribution < 1.29 is 18.0 Å². The molecule has 35 heavy (non-hydrogen) atoms. The third kappa shape index (κ3) is 5.71. The van der Waals surface area contributed by atoms with Crippen LogP contribution in [0.15, 0.2) is 77.7 Å². The van der Waals surface area contributed by atoms with Gasteiger partial charge in [-0.25, -0.2) is 8.42 Å². The lowest BCUT2D eigenvalue weighted by atomic mass is 10.1. The van der Waals surface area contributed by atoms with Crippen LogP contribution in [0.4, 0.5) is 11.4 Å². The third-order valence-corrected chi connectivity index (χ3v) is 8.07. The molecular weight excluding hydrogens is 462 g/mol. The third-order valence-electron chi connectivity index (χ3n) is 6.27. The van der Waals surface area contributed by atoms with Crippen LogP contribution in [0.3, 0.4) is 0 Å².